The highest BCUT2D eigenvalue weighted by atomic mass is 16.7. The molecule has 0 saturated carbocycles. The number of rotatable bonds is 2. The van der Waals surface area contributed by atoms with Crippen molar-refractivity contribution in [3.8, 4) is 0 Å². The van der Waals surface area contributed by atoms with Gasteiger partial charge >= 0.3 is 6.10 Å². The van der Waals surface area contributed by atoms with Crippen molar-refractivity contribution in [2.75, 3.05) is 0 Å². The highest BCUT2D eigenvalue weighted by Gasteiger charge is 2.12. The quantitative estimate of drug-likeness (QED) is 0.261. The monoisotopic (exact) mass is 120 g/mol. The van der Waals surface area contributed by atoms with E-state index in [9.17, 15) is 0 Å². The third-order valence-electron chi connectivity index (χ3n) is 0.373. The van der Waals surface area contributed by atoms with Crippen LogP contribution in [0.15, 0.2) is 12.4 Å². The van der Waals surface area contributed by atoms with E-state index in [0.29, 0.717) is 0 Å². The van der Waals surface area contributed by atoms with Gasteiger partial charge in [0.1, 0.15) is 0 Å². The number of nitrogens with two attached hydrogens (primary N) is 1. The van der Waals surface area contributed by atoms with Gasteiger partial charge in [0.05, 0.1) is 0 Å². The van der Waals surface area contributed by atoms with Gasteiger partial charge in [0.25, 0.3) is 0 Å². The Bertz CT molecular complexity index is 85.0. The SMILES string of the molecule is N/C=C\NC(O)(O)O. The number of hydrogen-bond donors (Lipinski definition) is 5. The summed E-state index contributed by atoms with van der Waals surface area (Å²) in [6.07, 6.45) is -0.868. The Labute approximate surface area is 46.1 Å². The first-order valence-corrected chi connectivity index (χ1v) is 1.88. The first kappa shape index (κ1) is 7.22. The summed E-state index contributed by atoms with van der Waals surface area (Å²) in [5.74, 6) is 0. The smallest absolute Gasteiger partial charge is 0.366 e. The van der Waals surface area contributed by atoms with E-state index in [4.69, 9.17) is 21.1 Å². The lowest BCUT2D eigenvalue weighted by Crippen LogP contribution is -2.41. The standard InChI is InChI=1S/C3H8N2O3/c4-1-2-5-3(6,7)8/h1-2,5-8H,4H2/b2-1-. The molecule has 48 valence electrons. The van der Waals surface area contributed by atoms with E-state index in [1.165, 1.54) is 0 Å². The van der Waals surface area contributed by atoms with Crippen LogP contribution in [0.2, 0.25) is 0 Å². The van der Waals surface area contributed by atoms with Crippen LogP contribution in [0.5, 0.6) is 0 Å². The van der Waals surface area contributed by atoms with Crippen molar-refractivity contribution in [2.45, 2.75) is 6.10 Å². The maximum atomic E-state index is 8.04. The molecule has 0 heterocycles. The summed E-state index contributed by atoms with van der Waals surface area (Å²) in [5, 5.41) is 25.9. The summed E-state index contributed by atoms with van der Waals surface area (Å²) < 4.78 is 0. The third-order valence-corrected chi connectivity index (χ3v) is 0.373. The number of nitrogens with one attached hydrogen (secondary N) is 1. The van der Waals surface area contributed by atoms with Gasteiger partial charge in [0.15, 0.2) is 0 Å². The molecule has 0 bridgehead atoms. The summed E-state index contributed by atoms with van der Waals surface area (Å²) in [5.41, 5.74) is 4.76. The first-order valence-electron chi connectivity index (χ1n) is 1.88. The van der Waals surface area contributed by atoms with Crippen molar-refractivity contribution in [2.24, 2.45) is 5.73 Å². The van der Waals surface area contributed by atoms with E-state index in [0.717, 1.165) is 12.4 Å². The van der Waals surface area contributed by atoms with Crippen LogP contribution in [-0.4, -0.2) is 21.4 Å². The molecular weight excluding hydrogens is 112 g/mol. The molecule has 5 heteroatoms. The van der Waals surface area contributed by atoms with Crippen LogP contribution in [-0.2, 0) is 0 Å². The molecule has 0 amide bonds. The van der Waals surface area contributed by atoms with Crippen LogP contribution < -0.4 is 11.1 Å². The van der Waals surface area contributed by atoms with Crippen molar-refractivity contribution < 1.29 is 15.3 Å². The molecule has 0 rings (SSSR count). The highest BCUT2D eigenvalue weighted by Crippen LogP contribution is 1.81. The number of hydrogen-bond acceptors (Lipinski definition) is 5. The average molecular weight is 120 g/mol. The Morgan fingerprint density at radius 2 is 1.88 bits per heavy atom. The molecule has 8 heavy (non-hydrogen) atoms. The van der Waals surface area contributed by atoms with Crippen LogP contribution in [0.25, 0.3) is 0 Å². The lowest BCUT2D eigenvalue weighted by Gasteiger charge is -2.11. The molecule has 6 N–H and O–H groups in total. The molecule has 0 saturated heterocycles. The molecule has 0 unspecified atom stereocenters. The van der Waals surface area contributed by atoms with Gasteiger partial charge in [-0.25, -0.2) is 0 Å². The van der Waals surface area contributed by atoms with E-state index in [1.54, 1.807) is 5.32 Å². The minimum Gasteiger partial charge on any atom is -0.403 e. The van der Waals surface area contributed by atoms with E-state index < -0.39 is 6.10 Å². The Kier molecular flexibility index (Phi) is 2.26. The van der Waals surface area contributed by atoms with Crippen molar-refractivity contribution in [1.82, 2.24) is 5.32 Å². The molecule has 0 atom stereocenters. The van der Waals surface area contributed by atoms with Crippen LogP contribution in [0.3, 0.4) is 0 Å². The van der Waals surface area contributed by atoms with Gasteiger partial charge in [-0.2, -0.15) is 0 Å². The summed E-state index contributed by atoms with van der Waals surface area (Å²) in [6, 6.07) is 0. The van der Waals surface area contributed by atoms with Crippen LogP contribution >= 0.6 is 0 Å². The minimum absolute atomic E-state index is 0.986. The predicted octanol–water partition coefficient (Wildman–Crippen LogP) is -2.41. The van der Waals surface area contributed by atoms with Gasteiger partial charge in [-0.05, 0) is 0 Å². The molecule has 0 spiro atoms. The maximum Gasteiger partial charge on any atom is 0.366 e. The van der Waals surface area contributed by atoms with E-state index in [2.05, 4.69) is 0 Å². The van der Waals surface area contributed by atoms with Gasteiger partial charge < -0.3 is 26.4 Å². The fourth-order valence-corrected chi connectivity index (χ4v) is 0.160. The topological polar surface area (TPSA) is 98.7 Å². The first-order chi connectivity index (χ1) is 3.56. The van der Waals surface area contributed by atoms with Gasteiger partial charge in [-0.15, -0.1) is 0 Å². The van der Waals surface area contributed by atoms with E-state index >= 15 is 0 Å². The Morgan fingerprint density at radius 3 is 2.00 bits per heavy atom. The fraction of sp³-hybridized carbons (Fsp3) is 0.333. The van der Waals surface area contributed by atoms with E-state index in [1.807, 2.05) is 0 Å². The summed E-state index contributed by atoms with van der Waals surface area (Å²) in [6.45, 7) is 0. The molecule has 0 aromatic heterocycles. The molecule has 0 radical (unpaired) electrons. The fourth-order valence-electron chi connectivity index (χ4n) is 0.160. The molecule has 0 fully saturated rings. The van der Waals surface area contributed by atoms with Crippen LogP contribution in [0.4, 0.5) is 0 Å². The van der Waals surface area contributed by atoms with Crippen LogP contribution in [0, 0.1) is 0 Å². The minimum atomic E-state index is -2.87. The van der Waals surface area contributed by atoms with Gasteiger partial charge in [-0.3, -0.25) is 0 Å². The summed E-state index contributed by atoms with van der Waals surface area (Å²) >= 11 is 0. The molecule has 0 aromatic carbocycles. The second-order valence-corrected chi connectivity index (χ2v) is 1.14. The lowest BCUT2D eigenvalue weighted by atomic mass is 10.8. The lowest BCUT2D eigenvalue weighted by molar-refractivity contribution is -0.324. The normalized spacial score (nSPS) is 12.4. The van der Waals surface area contributed by atoms with Crippen molar-refractivity contribution >= 4 is 0 Å². The average Bonchev–Trinajstić information content (AvgIpc) is 1.59. The predicted molar refractivity (Wildman–Crippen MR) is 25.9 cm³/mol. The van der Waals surface area contributed by atoms with Crippen molar-refractivity contribution in [3.05, 3.63) is 12.4 Å². The molecule has 0 aliphatic heterocycles. The molecule has 0 aliphatic rings. The van der Waals surface area contributed by atoms with E-state index in [-0.39, 0.29) is 0 Å². The zero-order valence-corrected chi connectivity index (χ0v) is 4.07. The van der Waals surface area contributed by atoms with Gasteiger partial charge in [-0.1, -0.05) is 0 Å². The largest absolute Gasteiger partial charge is 0.403 e. The van der Waals surface area contributed by atoms with Crippen molar-refractivity contribution in [3.63, 3.8) is 0 Å². The Balaban J connectivity index is 3.39. The zero-order chi connectivity index (χ0) is 6.62. The Morgan fingerprint density at radius 1 is 1.38 bits per heavy atom. The zero-order valence-electron chi connectivity index (χ0n) is 4.07. The van der Waals surface area contributed by atoms with Crippen molar-refractivity contribution in [1.29, 1.82) is 0 Å². The van der Waals surface area contributed by atoms with Gasteiger partial charge in [0.2, 0.25) is 0 Å². The maximum absolute atomic E-state index is 8.04. The molecule has 5 nitrogen and oxygen atoms in total. The second kappa shape index (κ2) is 2.51. The Hall–Kier alpha value is -0.780. The van der Waals surface area contributed by atoms with Gasteiger partial charge in [0, 0.05) is 12.4 Å². The molecular formula is C3H8N2O3. The highest BCUT2D eigenvalue weighted by molar-refractivity contribution is 4.72. The third kappa shape index (κ3) is 5.22. The molecule has 0 aliphatic carbocycles. The van der Waals surface area contributed by atoms with Crippen LogP contribution in [0.1, 0.15) is 0 Å². The summed E-state index contributed by atoms with van der Waals surface area (Å²) in [7, 11) is 0. The number of aliphatic hydroxyl groups is 3. The summed E-state index contributed by atoms with van der Waals surface area (Å²) in [4.78, 5) is 0. The molecule has 0 aromatic rings. The second-order valence-electron chi connectivity index (χ2n) is 1.14.